The first-order valence-electron chi connectivity index (χ1n) is 26.1. The van der Waals surface area contributed by atoms with Gasteiger partial charge in [0, 0.05) is 76.4 Å². The number of rotatable bonds is 6. The first-order chi connectivity index (χ1) is 35.1. The van der Waals surface area contributed by atoms with E-state index in [-0.39, 0.29) is 23.0 Å². The maximum absolute atomic E-state index is 7.32. The number of hydrogen-bond acceptors (Lipinski definition) is 5. The molecule has 2 aromatic heterocycles. The monoisotopic (exact) mass is 954 g/mol. The summed E-state index contributed by atoms with van der Waals surface area (Å²) < 4.78 is 21.8. The number of allylic oxidation sites excluding steroid dienone is 2. The molecule has 0 N–H and O–H groups in total. The van der Waals surface area contributed by atoms with E-state index in [1.54, 1.807) is 0 Å². The van der Waals surface area contributed by atoms with Crippen LogP contribution in [0.2, 0.25) is 0 Å². The van der Waals surface area contributed by atoms with Crippen LogP contribution in [0.3, 0.4) is 0 Å². The number of nitrogens with zero attached hydrogens (tertiary/aromatic N) is 2. The lowest BCUT2D eigenvalue weighted by Crippen LogP contribution is -2.46. The average Bonchev–Trinajstić information content (AvgIpc) is 4.08. The van der Waals surface area contributed by atoms with Gasteiger partial charge in [-0.15, -0.1) is 0 Å². The second-order valence-corrected chi connectivity index (χ2v) is 22.9. The van der Waals surface area contributed by atoms with Crippen molar-refractivity contribution in [3.8, 4) is 5.75 Å². The fraction of sp³-hybridized carbons (Fsp3) is 0.235. The van der Waals surface area contributed by atoms with Crippen molar-refractivity contribution < 1.29 is 13.6 Å². The van der Waals surface area contributed by atoms with Crippen LogP contribution < -0.4 is 25.0 Å². The van der Waals surface area contributed by atoms with E-state index in [0.717, 1.165) is 107 Å². The van der Waals surface area contributed by atoms with Crippen LogP contribution in [0.4, 0.5) is 28.4 Å². The van der Waals surface area contributed by atoms with Crippen LogP contribution in [-0.4, -0.2) is 12.1 Å². The zero-order chi connectivity index (χ0) is 50.2. The van der Waals surface area contributed by atoms with E-state index in [0.29, 0.717) is 0 Å². The Balaban J connectivity index is 1.09. The van der Waals surface area contributed by atoms with Gasteiger partial charge >= 0.3 is 0 Å². The van der Waals surface area contributed by atoms with Gasteiger partial charge in [-0.25, -0.2) is 0 Å². The van der Waals surface area contributed by atoms with E-state index in [2.05, 4.69) is 237 Å². The summed E-state index contributed by atoms with van der Waals surface area (Å²) in [6.45, 7) is 22.4. The van der Waals surface area contributed by atoms with E-state index in [9.17, 15) is 0 Å². The van der Waals surface area contributed by atoms with Gasteiger partial charge in [-0.05, 0) is 116 Å². The summed E-state index contributed by atoms with van der Waals surface area (Å²) in [4.78, 5) is 4.99. The van der Waals surface area contributed by atoms with Crippen LogP contribution in [-0.2, 0) is 10.8 Å². The predicted octanol–water partition coefficient (Wildman–Crippen LogP) is 17.2. The van der Waals surface area contributed by atoms with Crippen molar-refractivity contribution in [3.05, 3.63) is 195 Å². The van der Waals surface area contributed by atoms with Gasteiger partial charge in [0.2, 0.25) is 0 Å². The summed E-state index contributed by atoms with van der Waals surface area (Å²) in [6.07, 6.45) is 13.3. The molecular weight excluding hydrogens is 893 g/mol. The Morgan fingerprint density at radius 3 is 1.81 bits per heavy atom. The topological polar surface area (TPSA) is 42.0 Å². The Kier molecular flexibility index (Phi) is 10.1. The second-order valence-electron chi connectivity index (χ2n) is 22.9. The van der Waals surface area contributed by atoms with Crippen LogP contribution in [0.1, 0.15) is 93.3 Å². The molecule has 0 bridgehead atoms. The highest BCUT2D eigenvalue weighted by molar-refractivity contribution is 6.21. The molecule has 1 aliphatic heterocycles. The molecule has 2 atom stereocenters. The second kappa shape index (κ2) is 16.4. The minimum Gasteiger partial charge on any atom is -0.482 e. The smallest absolute Gasteiger partial charge is 0.159 e. The molecule has 10 aromatic rings. The van der Waals surface area contributed by atoms with Gasteiger partial charge in [-0.2, -0.15) is 0 Å². The van der Waals surface area contributed by atoms with Crippen molar-refractivity contribution in [2.24, 2.45) is 0 Å². The molecule has 3 heterocycles. The number of anilines is 5. The average molecular weight is 955 g/mol. The van der Waals surface area contributed by atoms with Crippen molar-refractivity contribution in [2.75, 3.05) is 9.80 Å². The molecule has 5 nitrogen and oxygen atoms in total. The van der Waals surface area contributed by atoms with Crippen LogP contribution in [0, 0.1) is 27.7 Å². The number of para-hydroxylation sites is 3. The number of ether oxygens (including phenoxy) is 1. The first-order valence-corrected chi connectivity index (χ1v) is 26.1. The third-order valence-corrected chi connectivity index (χ3v) is 16.1. The highest BCUT2D eigenvalue weighted by Crippen LogP contribution is 2.51. The zero-order valence-electron chi connectivity index (χ0n) is 43.7. The molecule has 362 valence electrons. The van der Waals surface area contributed by atoms with E-state index in [4.69, 9.17) is 13.6 Å². The van der Waals surface area contributed by atoms with E-state index in [1.165, 1.54) is 49.7 Å². The van der Waals surface area contributed by atoms with E-state index >= 15 is 0 Å². The van der Waals surface area contributed by atoms with Crippen LogP contribution in [0.25, 0.3) is 72.4 Å². The summed E-state index contributed by atoms with van der Waals surface area (Å²) >= 11 is 0. The van der Waals surface area contributed by atoms with Crippen molar-refractivity contribution >= 4 is 101 Å². The van der Waals surface area contributed by atoms with Crippen molar-refractivity contribution in [1.82, 2.24) is 0 Å². The van der Waals surface area contributed by atoms with Gasteiger partial charge < -0.3 is 23.4 Å². The Hall–Kier alpha value is -7.76. The Morgan fingerprint density at radius 1 is 0.479 bits per heavy atom. The van der Waals surface area contributed by atoms with Gasteiger partial charge in [-0.3, -0.25) is 0 Å². The van der Waals surface area contributed by atoms with E-state index in [1.807, 2.05) is 0 Å². The Morgan fingerprint density at radius 2 is 1.07 bits per heavy atom. The fourth-order valence-electron chi connectivity index (χ4n) is 12.0. The standard InChI is InChI=1S/C68H62N2O3/c1-39-31-33-43(35-41(39)3)69(57-29-17-25-51-49-23-15-27-55(67(5,6)7)63(49)72-65(51)57)59-37-53-54-38-60(46-20-12-14-22-48(46)62(54)71-61(53)47-21-13-11-19-45(47)59)70(44-34-32-40(2)42(4)36-44)58-30-18-26-52-50-24-16-28-56(68(8,9)10)64(50)73-66(52)58/h11,13,15-38,58,66H,12,14H2,1-10H3. The zero-order valence-corrected chi connectivity index (χ0v) is 43.7. The predicted molar refractivity (Wildman–Crippen MR) is 307 cm³/mol. The number of aryl methyl sites for hydroxylation is 4. The lowest BCUT2D eigenvalue weighted by molar-refractivity contribution is 0.253. The van der Waals surface area contributed by atoms with Gasteiger partial charge in [-0.1, -0.05) is 157 Å². The lowest BCUT2D eigenvalue weighted by Gasteiger charge is -2.38. The summed E-state index contributed by atoms with van der Waals surface area (Å²) in [6, 6.07) is 47.0. The van der Waals surface area contributed by atoms with Crippen molar-refractivity contribution in [2.45, 2.75) is 105 Å². The van der Waals surface area contributed by atoms with E-state index < -0.39 is 0 Å². The molecule has 5 heteroatoms. The maximum Gasteiger partial charge on any atom is 0.159 e. The molecule has 0 saturated heterocycles. The SMILES string of the molecule is Cc1ccc(N(c2cc3c4cc(N(c5ccc(C)c(C)c5)C5C=CC=C6c7cccc(C(C)(C)C)c7OC65)c5c(c4oc3c3ccccc23)=CCCC=5)c2cccc3c2oc2c(C(C)(C)C)cccc23)cc1C. The number of fused-ring (bicyclic) bond motifs is 13. The Labute approximate surface area is 428 Å². The molecule has 3 aliphatic rings. The molecule has 2 aliphatic carbocycles. The van der Waals surface area contributed by atoms with Crippen molar-refractivity contribution in [1.29, 1.82) is 0 Å². The largest absolute Gasteiger partial charge is 0.482 e. The summed E-state index contributed by atoms with van der Waals surface area (Å²) in [5, 5.41) is 8.85. The molecule has 0 spiro atoms. The number of hydrogen-bond donors (Lipinski definition) is 0. The van der Waals surface area contributed by atoms with Crippen LogP contribution >= 0.6 is 0 Å². The molecular formula is C68H62N2O3. The van der Waals surface area contributed by atoms with Gasteiger partial charge in [0.05, 0.1) is 23.1 Å². The van der Waals surface area contributed by atoms with Crippen LogP contribution in [0.5, 0.6) is 5.75 Å². The molecule has 0 radical (unpaired) electrons. The summed E-state index contributed by atoms with van der Waals surface area (Å²) in [5.74, 6) is 0.999. The molecule has 73 heavy (non-hydrogen) atoms. The molecule has 0 fully saturated rings. The molecule has 0 amide bonds. The van der Waals surface area contributed by atoms with Gasteiger partial charge in [0.25, 0.3) is 0 Å². The van der Waals surface area contributed by atoms with Gasteiger partial charge in [0.15, 0.2) is 5.58 Å². The quantitative estimate of drug-likeness (QED) is 0.166. The third-order valence-electron chi connectivity index (χ3n) is 16.1. The molecule has 8 aromatic carbocycles. The molecule has 0 saturated carbocycles. The minimum atomic E-state index is -0.229. The van der Waals surface area contributed by atoms with Gasteiger partial charge in [0.1, 0.15) is 28.6 Å². The first kappa shape index (κ1) is 45.1. The molecule has 13 rings (SSSR count). The Bertz CT molecular complexity index is 4160. The normalized spacial score (nSPS) is 16.3. The fourth-order valence-corrected chi connectivity index (χ4v) is 12.0. The maximum atomic E-state index is 7.32. The third kappa shape index (κ3) is 7.02. The highest BCUT2D eigenvalue weighted by atomic mass is 16.5. The lowest BCUT2D eigenvalue weighted by atomic mass is 9.84. The van der Waals surface area contributed by atoms with Crippen LogP contribution in [0.15, 0.2) is 154 Å². The summed E-state index contributed by atoms with van der Waals surface area (Å²) in [7, 11) is 0. The number of furan rings is 2. The van der Waals surface area contributed by atoms with Crippen molar-refractivity contribution in [3.63, 3.8) is 0 Å². The molecule has 2 unspecified atom stereocenters. The minimum absolute atomic E-state index is 0.0847. The summed E-state index contributed by atoms with van der Waals surface area (Å²) in [5.41, 5.74) is 18.6. The highest BCUT2D eigenvalue weighted by Gasteiger charge is 2.42. The number of benzene rings is 8.